The smallest absolute Gasteiger partial charge is 0.372 e. The molecule has 0 fully saturated rings. The molecule has 15 heteroatoms. The minimum Gasteiger partial charge on any atom is -0.372 e. The van der Waals surface area contributed by atoms with Gasteiger partial charge in [0.05, 0.1) is 29.0 Å². The van der Waals surface area contributed by atoms with Gasteiger partial charge < -0.3 is 10.6 Å². The average Bonchev–Trinajstić information content (AvgIpc) is 2.71. The number of anilines is 2. The first-order chi connectivity index (χ1) is 15.9. The van der Waals surface area contributed by atoms with Gasteiger partial charge in [-0.25, -0.2) is 8.78 Å². The van der Waals surface area contributed by atoms with Gasteiger partial charge in [-0.2, -0.15) is 39.5 Å². The van der Waals surface area contributed by atoms with Crippen LogP contribution < -0.4 is 10.6 Å². The van der Waals surface area contributed by atoms with Crippen molar-refractivity contribution in [3.05, 3.63) is 56.4 Å². The predicted octanol–water partition coefficient (Wildman–Crippen LogP) is 7.04. The molecule has 0 aliphatic heterocycles. The van der Waals surface area contributed by atoms with Crippen molar-refractivity contribution in [2.24, 2.45) is 0 Å². The molecule has 3 nitrogen and oxygen atoms in total. The lowest BCUT2D eigenvalue weighted by atomic mass is 9.92. The molecule has 2 aromatic carbocycles. The zero-order valence-corrected chi connectivity index (χ0v) is 18.8. The Kier molecular flexibility index (Phi) is 7.89. The van der Waals surface area contributed by atoms with Gasteiger partial charge in [-0.1, -0.05) is 12.0 Å². The molecular formula is C20H10F11IN2O. The van der Waals surface area contributed by atoms with E-state index in [1.54, 1.807) is 5.32 Å². The van der Waals surface area contributed by atoms with E-state index in [2.05, 4.69) is 11.2 Å². The Hall–Kier alpha value is -2.77. The molecule has 0 radical (unpaired) electrons. The van der Waals surface area contributed by atoms with Crippen LogP contribution in [0.4, 0.5) is 59.7 Å². The van der Waals surface area contributed by atoms with Crippen molar-refractivity contribution in [3.8, 4) is 12.3 Å². The summed E-state index contributed by atoms with van der Waals surface area (Å²) in [4.78, 5) is 12.5. The first-order valence-electron chi connectivity index (χ1n) is 8.87. The van der Waals surface area contributed by atoms with Crippen LogP contribution in [0.2, 0.25) is 0 Å². The summed E-state index contributed by atoms with van der Waals surface area (Å²) >= 11 is 0.890. The van der Waals surface area contributed by atoms with E-state index in [-0.39, 0.29) is 18.3 Å². The Balaban J connectivity index is 2.66. The van der Waals surface area contributed by atoms with Gasteiger partial charge in [-0.3, -0.25) is 4.79 Å². The SMILES string of the molecule is C#CCNc1cccc(C(=O)Nc2c(I)cc(C(F)(C(F)(F)F)C(F)(F)F)cc2C(F)(F)F)c1F. The van der Waals surface area contributed by atoms with E-state index in [1.165, 1.54) is 0 Å². The number of nitrogens with one attached hydrogen (secondary N) is 2. The number of hydrogen-bond acceptors (Lipinski definition) is 2. The molecule has 2 rings (SSSR count). The van der Waals surface area contributed by atoms with Crippen LogP contribution >= 0.6 is 22.6 Å². The molecule has 1 amide bonds. The fourth-order valence-electron chi connectivity index (χ4n) is 2.82. The van der Waals surface area contributed by atoms with Crippen molar-refractivity contribution < 1.29 is 53.1 Å². The fraction of sp³-hybridized carbons (Fsp3) is 0.250. The van der Waals surface area contributed by atoms with Crippen LogP contribution in [-0.2, 0) is 11.8 Å². The highest BCUT2D eigenvalue weighted by atomic mass is 127. The number of hydrogen-bond donors (Lipinski definition) is 2. The molecule has 0 aromatic heterocycles. The molecule has 0 heterocycles. The lowest BCUT2D eigenvalue weighted by Gasteiger charge is -2.31. The highest BCUT2D eigenvalue weighted by Crippen LogP contribution is 2.54. The third kappa shape index (κ3) is 5.57. The molecule has 0 saturated carbocycles. The maximum atomic E-state index is 14.6. The predicted molar refractivity (Wildman–Crippen MR) is 111 cm³/mol. The Morgan fingerprint density at radius 3 is 2.03 bits per heavy atom. The zero-order chi connectivity index (χ0) is 27.0. The van der Waals surface area contributed by atoms with Crippen LogP contribution in [0, 0.1) is 21.7 Å². The second-order valence-electron chi connectivity index (χ2n) is 6.71. The second kappa shape index (κ2) is 9.70. The largest absolute Gasteiger partial charge is 0.435 e. The van der Waals surface area contributed by atoms with E-state index < -0.39 is 67.9 Å². The normalized spacial score (nSPS) is 12.8. The summed E-state index contributed by atoms with van der Waals surface area (Å²) in [6.45, 7) is -0.192. The first-order valence-corrected chi connectivity index (χ1v) is 9.95. The number of carbonyl (C=O) groups excluding carboxylic acids is 1. The molecule has 0 bridgehead atoms. The number of terminal acetylenes is 1. The Bertz CT molecular complexity index is 1150. The van der Waals surface area contributed by atoms with E-state index in [9.17, 15) is 53.1 Å². The van der Waals surface area contributed by atoms with Gasteiger partial charge in [0, 0.05) is 9.13 Å². The number of halogens is 12. The zero-order valence-electron chi connectivity index (χ0n) is 16.6. The van der Waals surface area contributed by atoms with Gasteiger partial charge >= 0.3 is 24.2 Å². The maximum Gasteiger partial charge on any atom is 0.435 e. The lowest BCUT2D eigenvalue weighted by molar-refractivity contribution is -0.348. The van der Waals surface area contributed by atoms with Crippen LogP contribution in [-0.4, -0.2) is 24.8 Å². The minimum atomic E-state index is -6.67. The number of benzene rings is 2. The Morgan fingerprint density at radius 2 is 1.54 bits per heavy atom. The van der Waals surface area contributed by atoms with E-state index in [0.29, 0.717) is 0 Å². The van der Waals surface area contributed by atoms with Gasteiger partial charge in [0.25, 0.3) is 5.91 Å². The molecular weight excluding hydrogens is 620 g/mol. The quantitative estimate of drug-likeness (QED) is 0.212. The molecule has 0 spiro atoms. The second-order valence-corrected chi connectivity index (χ2v) is 7.87. The maximum absolute atomic E-state index is 14.6. The minimum absolute atomic E-state index is 0.145. The third-order valence-electron chi connectivity index (χ3n) is 4.44. The van der Waals surface area contributed by atoms with E-state index in [1.807, 2.05) is 0 Å². The van der Waals surface area contributed by atoms with Crippen LogP contribution in [0.15, 0.2) is 30.3 Å². The molecule has 0 saturated heterocycles. The van der Waals surface area contributed by atoms with E-state index >= 15 is 0 Å². The topological polar surface area (TPSA) is 41.1 Å². The summed E-state index contributed by atoms with van der Waals surface area (Å²) in [6, 6.07) is 2.26. The van der Waals surface area contributed by atoms with Crippen LogP contribution in [0.3, 0.4) is 0 Å². The highest BCUT2D eigenvalue weighted by Gasteiger charge is 2.73. The Labute approximate surface area is 203 Å². The van der Waals surface area contributed by atoms with Crippen LogP contribution in [0.25, 0.3) is 0 Å². The van der Waals surface area contributed by atoms with Gasteiger partial charge in [0.2, 0.25) is 0 Å². The number of alkyl halides is 10. The summed E-state index contributed by atoms with van der Waals surface area (Å²) in [6.07, 6.45) is -14.0. The van der Waals surface area contributed by atoms with Crippen molar-refractivity contribution in [2.45, 2.75) is 24.2 Å². The van der Waals surface area contributed by atoms with Crippen molar-refractivity contribution in [1.29, 1.82) is 0 Å². The van der Waals surface area contributed by atoms with Crippen LogP contribution in [0.1, 0.15) is 21.5 Å². The molecule has 35 heavy (non-hydrogen) atoms. The van der Waals surface area contributed by atoms with Crippen molar-refractivity contribution in [3.63, 3.8) is 0 Å². The summed E-state index contributed by atoms with van der Waals surface area (Å²) in [7, 11) is 0. The third-order valence-corrected chi connectivity index (χ3v) is 5.29. The standard InChI is InChI=1S/C20H10F11IN2O/c1-2-6-33-13-5-3-4-10(14(13)21)16(35)34-15-11(18(23,24)25)7-9(8-12(15)32)17(22,19(26,27)28)20(29,30)31/h1,3-5,7-8,33H,6H2,(H,34,35). The van der Waals surface area contributed by atoms with Crippen molar-refractivity contribution >= 4 is 39.9 Å². The molecule has 0 unspecified atom stereocenters. The lowest BCUT2D eigenvalue weighted by Crippen LogP contribution is -2.50. The summed E-state index contributed by atoms with van der Waals surface area (Å²) in [5.41, 5.74) is -13.2. The molecule has 2 aromatic rings. The Morgan fingerprint density at radius 1 is 0.971 bits per heavy atom. The summed E-state index contributed by atoms with van der Waals surface area (Å²) in [5.74, 6) is -0.672. The number of carbonyl (C=O) groups is 1. The number of rotatable bonds is 5. The molecule has 2 N–H and O–H groups in total. The molecule has 190 valence electrons. The summed E-state index contributed by atoms with van der Waals surface area (Å²) < 4.78 is 147. The van der Waals surface area contributed by atoms with E-state index in [0.717, 1.165) is 40.8 Å². The van der Waals surface area contributed by atoms with Crippen LogP contribution in [0.5, 0.6) is 0 Å². The summed E-state index contributed by atoms with van der Waals surface area (Å²) in [5, 5.41) is 4.02. The first kappa shape index (κ1) is 28.5. The monoisotopic (exact) mass is 630 g/mol. The van der Waals surface area contributed by atoms with Crippen molar-refractivity contribution in [1.82, 2.24) is 0 Å². The van der Waals surface area contributed by atoms with Gasteiger partial charge in [-0.15, -0.1) is 6.42 Å². The van der Waals surface area contributed by atoms with Gasteiger partial charge in [-0.05, 0) is 46.9 Å². The van der Waals surface area contributed by atoms with E-state index in [4.69, 9.17) is 6.42 Å². The highest BCUT2D eigenvalue weighted by molar-refractivity contribution is 14.1. The van der Waals surface area contributed by atoms with Gasteiger partial charge in [0.1, 0.15) is 0 Å². The molecule has 0 aliphatic carbocycles. The number of amides is 1. The average molecular weight is 630 g/mol. The fourth-order valence-corrected chi connectivity index (χ4v) is 3.58. The molecule has 0 aliphatic rings. The molecule has 0 atom stereocenters. The van der Waals surface area contributed by atoms with Gasteiger partial charge in [0.15, 0.2) is 5.82 Å². The van der Waals surface area contributed by atoms with Crippen molar-refractivity contribution in [2.75, 3.05) is 17.2 Å².